The highest BCUT2D eigenvalue weighted by atomic mass is 16.5. The van der Waals surface area contributed by atoms with Crippen molar-refractivity contribution in [3.8, 4) is 0 Å². The summed E-state index contributed by atoms with van der Waals surface area (Å²) in [5, 5.41) is 3.60. The molecule has 1 aliphatic rings. The van der Waals surface area contributed by atoms with Crippen molar-refractivity contribution in [3.63, 3.8) is 0 Å². The normalized spacial score (nSPS) is 16.2. The highest BCUT2D eigenvalue weighted by Gasteiger charge is 2.20. The summed E-state index contributed by atoms with van der Waals surface area (Å²) in [6.07, 6.45) is 2.01. The van der Waals surface area contributed by atoms with Gasteiger partial charge in [0.15, 0.2) is 0 Å². The van der Waals surface area contributed by atoms with Crippen molar-refractivity contribution in [2.75, 3.05) is 25.0 Å². The molecule has 0 aliphatic carbocycles. The molecule has 1 aromatic rings. The molecule has 0 saturated carbocycles. The van der Waals surface area contributed by atoms with Crippen LogP contribution in [0.1, 0.15) is 32.3 Å². The number of carbonyl (C=O) groups is 1. The predicted octanol–water partition coefficient (Wildman–Crippen LogP) is 2.65. The molecule has 0 aromatic heterocycles. The average molecular weight is 276 g/mol. The summed E-state index contributed by atoms with van der Waals surface area (Å²) >= 11 is 0. The largest absolute Gasteiger partial charge is 0.382 e. The number of anilines is 1. The summed E-state index contributed by atoms with van der Waals surface area (Å²) in [5.74, 6) is 0.181. The summed E-state index contributed by atoms with van der Waals surface area (Å²) in [4.78, 5) is 13.2. The fourth-order valence-electron chi connectivity index (χ4n) is 2.56. The topological polar surface area (TPSA) is 41.6 Å². The van der Waals surface area contributed by atoms with Crippen molar-refractivity contribution < 1.29 is 9.53 Å². The minimum atomic E-state index is 0.181. The van der Waals surface area contributed by atoms with Crippen LogP contribution < -0.4 is 5.32 Å². The number of nitrogens with zero attached hydrogens (tertiary/aromatic N) is 1. The zero-order valence-corrected chi connectivity index (χ0v) is 12.4. The van der Waals surface area contributed by atoms with Gasteiger partial charge in [0.05, 0.1) is 6.61 Å². The Morgan fingerprint density at radius 1 is 1.35 bits per heavy atom. The number of hydrogen-bond acceptors (Lipinski definition) is 3. The lowest BCUT2D eigenvalue weighted by Crippen LogP contribution is -2.41. The number of rotatable bonds is 5. The third-order valence-corrected chi connectivity index (χ3v) is 3.78. The zero-order chi connectivity index (χ0) is 14.4. The molecule has 0 radical (unpaired) electrons. The second-order valence-corrected chi connectivity index (χ2v) is 5.22. The van der Waals surface area contributed by atoms with Gasteiger partial charge in [-0.15, -0.1) is 0 Å². The van der Waals surface area contributed by atoms with Gasteiger partial charge in [-0.3, -0.25) is 4.79 Å². The van der Waals surface area contributed by atoms with E-state index in [0.717, 1.165) is 38.2 Å². The van der Waals surface area contributed by atoms with E-state index in [1.165, 1.54) is 5.56 Å². The molecule has 0 atom stereocenters. The van der Waals surface area contributed by atoms with E-state index in [1.807, 2.05) is 24.0 Å². The van der Waals surface area contributed by atoms with Gasteiger partial charge < -0.3 is 15.0 Å². The third-order valence-electron chi connectivity index (χ3n) is 3.78. The fraction of sp³-hybridized carbons (Fsp3) is 0.562. The van der Waals surface area contributed by atoms with E-state index in [9.17, 15) is 4.79 Å². The smallest absolute Gasteiger partial charge is 0.219 e. The number of ether oxygens (including phenoxy) is 1. The van der Waals surface area contributed by atoms with Crippen LogP contribution in [-0.4, -0.2) is 36.5 Å². The lowest BCUT2D eigenvalue weighted by atomic mass is 10.0. The van der Waals surface area contributed by atoms with E-state index < -0.39 is 0 Å². The second kappa shape index (κ2) is 7.29. The van der Waals surface area contributed by atoms with Crippen molar-refractivity contribution in [3.05, 3.63) is 29.8 Å². The van der Waals surface area contributed by atoms with Gasteiger partial charge in [0.1, 0.15) is 0 Å². The maximum atomic E-state index is 11.3. The lowest BCUT2D eigenvalue weighted by molar-refractivity contribution is -0.129. The SMILES string of the molecule is CCOCc1ccccc1NC1CCN(C(C)=O)CC1. The van der Waals surface area contributed by atoms with Gasteiger partial charge in [-0.1, -0.05) is 18.2 Å². The molecule has 1 aromatic carbocycles. The monoisotopic (exact) mass is 276 g/mol. The van der Waals surface area contributed by atoms with Crippen molar-refractivity contribution in [2.45, 2.75) is 39.3 Å². The van der Waals surface area contributed by atoms with Gasteiger partial charge in [0.25, 0.3) is 0 Å². The second-order valence-electron chi connectivity index (χ2n) is 5.22. The van der Waals surface area contributed by atoms with Gasteiger partial charge in [0.2, 0.25) is 5.91 Å². The summed E-state index contributed by atoms with van der Waals surface area (Å²) in [7, 11) is 0. The maximum Gasteiger partial charge on any atom is 0.219 e. The van der Waals surface area contributed by atoms with Gasteiger partial charge in [0, 0.05) is 43.9 Å². The van der Waals surface area contributed by atoms with Crippen LogP contribution in [0.2, 0.25) is 0 Å². The van der Waals surface area contributed by atoms with Gasteiger partial charge in [-0.05, 0) is 25.8 Å². The number of para-hydroxylation sites is 1. The minimum absolute atomic E-state index is 0.181. The summed E-state index contributed by atoms with van der Waals surface area (Å²) in [6.45, 7) is 6.72. The molecule has 1 amide bonds. The molecule has 1 fully saturated rings. The van der Waals surface area contributed by atoms with Crippen LogP contribution >= 0.6 is 0 Å². The van der Waals surface area contributed by atoms with Crippen LogP contribution in [0.4, 0.5) is 5.69 Å². The first-order chi connectivity index (χ1) is 9.70. The van der Waals surface area contributed by atoms with Crippen LogP contribution in [0.5, 0.6) is 0 Å². The van der Waals surface area contributed by atoms with Crippen LogP contribution in [0.3, 0.4) is 0 Å². The van der Waals surface area contributed by atoms with Crippen LogP contribution in [-0.2, 0) is 16.1 Å². The number of carbonyl (C=O) groups excluding carboxylic acids is 1. The molecule has 1 saturated heterocycles. The number of hydrogen-bond donors (Lipinski definition) is 1. The highest BCUT2D eigenvalue weighted by Crippen LogP contribution is 2.21. The van der Waals surface area contributed by atoms with E-state index in [-0.39, 0.29) is 5.91 Å². The quantitative estimate of drug-likeness (QED) is 0.899. The standard InChI is InChI=1S/C16H24N2O2/c1-3-20-12-14-6-4-5-7-16(14)17-15-8-10-18(11-9-15)13(2)19/h4-7,15,17H,3,8-12H2,1-2H3. The predicted molar refractivity (Wildman–Crippen MR) is 80.7 cm³/mol. The van der Waals surface area contributed by atoms with Crippen molar-refractivity contribution in [1.29, 1.82) is 0 Å². The Morgan fingerprint density at radius 3 is 2.70 bits per heavy atom. The molecule has 1 aliphatic heterocycles. The first-order valence-electron chi connectivity index (χ1n) is 7.38. The molecule has 20 heavy (non-hydrogen) atoms. The Kier molecular flexibility index (Phi) is 5.41. The molecule has 0 unspecified atom stereocenters. The maximum absolute atomic E-state index is 11.3. The molecule has 4 heteroatoms. The molecule has 110 valence electrons. The number of nitrogens with one attached hydrogen (secondary N) is 1. The number of amides is 1. The number of piperidine rings is 1. The molecular weight excluding hydrogens is 252 g/mol. The van der Waals surface area contributed by atoms with E-state index >= 15 is 0 Å². The van der Waals surface area contributed by atoms with Crippen LogP contribution in [0.25, 0.3) is 0 Å². The summed E-state index contributed by atoms with van der Waals surface area (Å²) in [6, 6.07) is 8.72. The van der Waals surface area contributed by atoms with Crippen LogP contribution in [0.15, 0.2) is 24.3 Å². The van der Waals surface area contributed by atoms with E-state index in [2.05, 4.69) is 17.4 Å². The Hall–Kier alpha value is -1.55. The lowest BCUT2D eigenvalue weighted by Gasteiger charge is -2.32. The van der Waals surface area contributed by atoms with Crippen molar-refractivity contribution >= 4 is 11.6 Å². The Morgan fingerprint density at radius 2 is 2.05 bits per heavy atom. The average Bonchev–Trinajstić information content (AvgIpc) is 2.47. The Bertz CT molecular complexity index is 440. The Balaban J connectivity index is 1.92. The van der Waals surface area contributed by atoms with Crippen molar-refractivity contribution in [2.24, 2.45) is 0 Å². The van der Waals surface area contributed by atoms with E-state index in [0.29, 0.717) is 12.6 Å². The highest BCUT2D eigenvalue weighted by molar-refractivity contribution is 5.73. The van der Waals surface area contributed by atoms with Gasteiger partial charge >= 0.3 is 0 Å². The molecule has 4 nitrogen and oxygen atoms in total. The molecule has 1 heterocycles. The van der Waals surface area contributed by atoms with E-state index in [1.54, 1.807) is 6.92 Å². The summed E-state index contributed by atoms with van der Waals surface area (Å²) in [5.41, 5.74) is 2.35. The summed E-state index contributed by atoms with van der Waals surface area (Å²) < 4.78 is 5.51. The van der Waals surface area contributed by atoms with Crippen LogP contribution in [0, 0.1) is 0 Å². The molecular formula is C16H24N2O2. The molecule has 1 N–H and O–H groups in total. The third kappa shape index (κ3) is 3.97. The van der Waals surface area contributed by atoms with Gasteiger partial charge in [-0.25, -0.2) is 0 Å². The first kappa shape index (κ1) is 14.9. The first-order valence-corrected chi connectivity index (χ1v) is 7.38. The van der Waals surface area contributed by atoms with Crippen molar-refractivity contribution in [1.82, 2.24) is 4.90 Å². The Labute approximate surface area is 121 Å². The molecule has 0 bridgehead atoms. The molecule has 0 spiro atoms. The number of likely N-dealkylation sites (tertiary alicyclic amines) is 1. The fourth-order valence-corrected chi connectivity index (χ4v) is 2.56. The molecule has 2 rings (SSSR count). The minimum Gasteiger partial charge on any atom is -0.382 e. The number of benzene rings is 1. The van der Waals surface area contributed by atoms with Gasteiger partial charge in [-0.2, -0.15) is 0 Å². The van der Waals surface area contributed by atoms with E-state index in [4.69, 9.17) is 4.74 Å². The zero-order valence-electron chi connectivity index (χ0n) is 12.4.